The molecule has 0 saturated heterocycles. The van der Waals surface area contributed by atoms with Gasteiger partial charge < -0.3 is 0 Å². The largest absolute Gasteiger partial charge is 0.278 e. The van der Waals surface area contributed by atoms with Crippen molar-refractivity contribution in [3.8, 4) is 0 Å². The van der Waals surface area contributed by atoms with Crippen LogP contribution in [0.2, 0.25) is 0 Å². The van der Waals surface area contributed by atoms with Crippen LogP contribution in [0.15, 0.2) is 15.5 Å². The van der Waals surface area contributed by atoms with E-state index in [1.165, 1.54) is 0 Å². The van der Waals surface area contributed by atoms with E-state index in [1.54, 1.807) is 5.01 Å². The fraction of sp³-hybridized carbons (Fsp3) is 0.800. The molecule has 0 heterocycles. The standard InChI is InChI=1S/C5H12N4/c1-5(2)9(4)8-7-6-3/h5H,3H2,1-2,4H3/b8-7-. The molecule has 0 fully saturated rings. The Kier molecular flexibility index (Phi) is 3.59. The van der Waals surface area contributed by atoms with Gasteiger partial charge in [0.05, 0.1) is 0 Å². The zero-order valence-corrected chi connectivity index (χ0v) is 6.07. The van der Waals surface area contributed by atoms with Crippen LogP contribution in [0.3, 0.4) is 0 Å². The molecule has 0 aromatic heterocycles. The Morgan fingerprint density at radius 3 is 2.33 bits per heavy atom. The average molecular weight is 128 g/mol. The first kappa shape index (κ1) is 8.07. The quantitative estimate of drug-likeness (QED) is 0.321. The summed E-state index contributed by atoms with van der Waals surface area (Å²) in [6.07, 6.45) is 0. The second-order valence-corrected chi connectivity index (χ2v) is 1.99. The highest BCUT2D eigenvalue weighted by molar-refractivity contribution is 5.22. The SMILES string of the molecule is C=N/N=N\N(C)C(C)C. The summed E-state index contributed by atoms with van der Waals surface area (Å²) in [7, 11) is 1.83. The zero-order valence-electron chi connectivity index (χ0n) is 6.07. The molecule has 0 atom stereocenters. The Morgan fingerprint density at radius 1 is 1.44 bits per heavy atom. The van der Waals surface area contributed by atoms with Gasteiger partial charge in [0.1, 0.15) is 0 Å². The first-order valence-electron chi connectivity index (χ1n) is 2.78. The van der Waals surface area contributed by atoms with Gasteiger partial charge in [-0.3, -0.25) is 5.01 Å². The lowest BCUT2D eigenvalue weighted by molar-refractivity contribution is 0.266. The van der Waals surface area contributed by atoms with E-state index in [2.05, 4.69) is 22.3 Å². The van der Waals surface area contributed by atoms with E-state index in [4.69, 9.17) is 0 Å². The van der Waals surface area contributed by atoms with Crippen molar-refractivity contribution in [2.45, 2.75) is 19.9 Å². The van der Waals surface area contributed by atoms with Gasteiger partial charge >= 0.3 is 0 Å². The van der Waals surface area contributed by atoms with Crippen molar-refractivity contribution in [2.24, 2.45) is 15.5 Å². The van der Waals surface area contributed by atoms with Crippen molar-refractivity contribution >= 4 is 6.72 Å². The first-order valence-corrected chi connectivity index (χ1v) is 2.78. The fourth-order valence-electron chi connectivity index (χ4n) is 0.195. The van der Waals surface area contributed by atoms with Crippen LogP contribution in [0.4, 0.5) is 0 Å². The fourth-order valence-corrected chi connectivity index (χ4v) is 0.195. The molecule has 4 heteroatoms. The molecule has 0 unspecified atom stereocenters. The van der Waals surface area contributed by atoms with Gasteiger partial charge in [0, 0.05) is 19.8 Å². The van der Waals surface area contributed by atoms with Gasteiger partial charge in [0.25, 0.3) is 0 Å². The molecule has 0 amide bonds. The van der Waals surface area contributed by atoms with E-state index in [0.29, 0.717) is 6.04 Å². The van der Waals surface area contributed by atoms with E-state index in [-0.39, 0.29) is 0 Å². The number of hydrogen-bond acceptors (Lipinski definition) is 2. The third-order valence-electron chi connectivity index (χ3n) is 0.992. The molecule has 0 N–H and O–H groups in total. The Hall–Kier alpha value is -0.930. The van der Waals surface area contributed by atoms with E-state index in [1.807, 2.05) is 20.9 Å². The van der Waals surface area contributed by atoms with Crippen LogP contribution < -0.4 is 0 Å². The lowest BCUT2D eigenvalue weighted by atomic mass is 10.4. The summed E-state index contributed by atoms with van der Waals surface area (Å²) >= 11 is 0. The molecule has 0 saturated carbocycles. The van der Waals surface area contributed by atoms with Gasteiger partial charge in [-0.05, 0) is 19.1 Å². The maximum Gasteiger partial charge on any atom is 0.0428 e. The van der Waals surface area contributed by atoms with E-state index in [0.717, 1.165) is 0 Å². The number of rotatable bonds is 3. The summed E-state index contributed by atoms with van der Waals surface area (Å²) < 4.78 is 0. The summed E-state index contributed by atoms with van der Waals surface area (Å²) in [6.45, 7) is 7.19. The molecule has 0 aromatic carbocycles. The minimum Gasteiger partial charge on any atom is -0.278 e. The van der Waals surface area contributed by atoms with Crippen LogP contribution in [0.1, 0.15) is 13.8 Å². The molecule has 52 valence electrons. The molecule has 0 aliphatic rings. The van der Waals surface area contributed by atoms with Crippen molar-refractivity contribution < 1.29 is 0 Å². The van der Waals surface area contributed by atoms with Gasteiger partial charge in [0.15, 0.2) is 0 Å². The Labute approximate surface area is 55.2 Å². The smallest absolute Gasteiger partial charge is 0.0428 e. The highest BCUT2D eigenvalue weighted by atomic mass is 15.6. The van der Waals surface area contributed by atoms with Crippen molar-refractivity contribution in [1.82, 2.24) is 5.01 Å². The highest BCUT2D eigenvalue weighted by Crippen LogP contribution is 1.93. The maximum absolute atomic E-state index is 3.67. The lowest BCUT2D eigenvalue weighted by Crippen LogP contribution is -2.19. The summed E-state index contributed by atoms with van der Waals surface area (Å²) in [4.78, 5) is 0. The molecule has 0 rings (SSSR count). The maximum atomic E-state index is 3.67. The summed E-state index contributed by atoms with van der Waals surface area (Å²) in [5.74, 6) is 0. The molecular formula is C5H12N4. The topological polar surface area (TPSA) is 40.3 Å². The van der Waals surface area contributed by atoms with E-state index < -0.39 is 0 Å². The van der Waals surface area contributed by atoms with Crippen molar-refractivity contribution in [1.29, 1.82) is 0 Å². The normalized spacial score (nSPS) is 10.7. The van der Waals surface area contributed by atoms with Crippen LogP contribution >= 0.6 is 0 Å². The van der Waals surface area contributed by atoms with Gasteiger partial charge in [-0.2, -0.15) is 0 Å². The summed E-state index contributed by atoms with van der Waals surface area (Å²) in [5, 5.41) is 12.0. The molecule has 0 aromatic rings. The van der Waals surface area contributed by atoms with Crippen LogP contribution in [-0.4, -0.2) is 24.8 Å². The Balaban J connectivity index is 3.61. The molecule has 0 spiro atoms. The highest BCUT2D eigenvalue weighted by Gasteiger charge is 1.95. The van der Waals surface area contributed by atoms with Gasteiger partial charge in [-0.1, -0.05) is 5.22 Å². The van der Waals surface area contributed by atoms with Crippen molar-refractivity contribution in [3.05, 3.63) is 0 Å². The molecule has 9 heavy (non-hydrogen) atoms. The van der Waals surface area contributed by atoms with Gasteiger partial charge in [0.2, 0.25) is 0 Å². The second kappa shape index (κ2) is 4.00. The first-order chi connectivity index (χ1) is 4.18. The number of nitrogens with zero attached hydrogens (tertiary/aromatic N) is 4. The molecular weight excluding hydrogens is 116 g/mol. The Morgan fingerprint density at radius 2 is 2.00 bits per heavy atom. The van der Waals surface area contributed by atoms with Crippen LogP contribution in [0, 0.1) is 0 Å². The third-order valence-corrected chi connectivity index (χ3v) is 0.992. The minimum atomic E-state index is 0.357. The predicted octanol–water partition coefficient (Wildman–Crippen LogP) is 1.31. The van der Waals surface area contributed by atoms with Crippen molar-refractivity contribution in [3.63, 3.8) is 0 Å². The molecule has 0 radical (unpaired) electrons. The number of hydrogen-bond donors (Lipinski definition) is 0. The average Bonchev–Trinajstić information content (AvgIpc) is 1.82. The van der Waals surface area contributed by atoms with Crippen LogP contribution in [0.25, 0.3) is 0 Å². The van der Waals surface area contributed by atoms with Crippen molar-refractivity contribution in [2.75, 3.05) is 7.05 Å². The lowest BCUT2D eigenvalue weighted by Gasteiger charge is -2.13. The van der Waals surface area contributed by atoms with Crippen LogP contribution in [-0.2, 0) is 0 Å². The third kappa shape index (κ3) is 3.64. The predicted molar refractivity (Wildman–Crippen MR) is 37.3 cm³/mol. The zero-order chi connectivity index (χ0) is 7.28. The molecule has 0 aliphatic carbocycles. The molecule has 0 aliphatic heterocycles. The Bertz CT molecular complexity index is 108. The minimum absolute atomic E-state index is 0.357. The summed E-state index contributed by atoms with van der Waals surface area (Å²) in [5.41, 5.74) is 0. The summed E-state index contributed by atoms with van der Waals surface area (Å²) in [6, 6.07) is 0.357. The monoisotopic (exact) mass is 128 g/mol. The van der Waals surface area contributed by atoms with Crippen LogP contribution in [0.5, 0.6) is 0 Å². The van der Waals surface area contributed by atoms with Gasteiger partial charge in [-0.25, -0.2) is 0 Å². The van der Waals surface area contributed by atoms with Gasteiger partial charge in [-0.15, -0.1) is 5.10 Å². The second-order valence-electron chi connectivity index (χ2n) is 1.99. The molecule has 0 bridgehead atoms. The molecule has 4 nitrogen and oxygen atoms in total. The van der Waals surface area contributed by atoms with E-state index >= 15 is 0 Å². The van der Waals surface area contributed by atoms with E-state index in [9.17, 15) is 0 Å².